The fourth-order valence-corrected chi connectivity index (χ4v) is 3.59. The van der Waals surface area contributed by atoms with E-state index in [0.717, 1.165) is 4.31 Å². The van der Waals surface area contributed by atoms with Crippen molar-refractivity contribution >= 4 is 15.9 Å². The largest absolute Gasteiger partial charge is 0.508 e. The maximum absolute atomic E-state index is 12.4. The van der Waals surface area contributed by atoms with Gasteiger partial charge in [0.25, 0.3) is 5.91 Å². The fourth-order valence-electron chi connectivity index (χ4n) is 2.43. The standard InChI is InChI=1S/C15H22N2O6S/c1-17(2)24(20,21)9-11-7-23-8-14(11)16-15(19)10-4-12(18)6-13(5-10)22-3/h4-6,11,14,18H,7-9H2,1-3H3,(H,16,19)/t11-,14+/m0/s1. The number of aromatic hydroxyl groups is 1. The van der Waals surface area contributed by atoms with Gasteiger partial charge >= 0.3 is 0 Å². The number of hydrogen-bond acceptors (Lipinski definition) is 6. The number of ether oxygens (including phenoxy) is 2. The molecule has 0 unspecified atom stereocenters. The second kappa shape index (κ2) is 7.37. The zero-order valence-electron chi connectivity index (χ0n) is 13.9. The normalized spacial score (nSPS) is 21.0. The van der Waals surface area contributed by atoms with Crippen LogP contribution in [0.25, 0.3) is 0 Å². The first-order chi connectivity index (χ1) is 11.2. The van der Waals surface area contributed by atoms with Gasteiger partial charge in [-0.05, 0) is 12.1 Å². The summed E-state index contributed by atoms with van der Waals surface area (Å²) in [6.07, 6.45) is 0. The minimum Gasteiger partial charge on any atom is -0.508 e. The Morgan fingerprint density at radius 3 is 2.71 bits per heavy atom. The number of rotatable bonds is 6. The van der Waals surface area contributed by atoms with Crippen LogP contribution in [0.4, 0.5) is 0 Å². The minimum absolute atomic E-state index is 0.0890. The first-order valence-electron chi connectivity index (χ1n) is 7.40. The van der Waals surface area contributed by atoms with Gasteiger partial charge in [0.2, 0.25) is 10.0 Å². The summed E-state index contributed by atoms with van der Waals surface area (Å²) in [5.41, 5.74) is 0.230. The molecule has 1 amide bonds. The lowest BCUT2D eigenvalue weighted by Crippen LogP contribution is -2.43. The van der Waals surface area contributed by atoms with E-state index in [-0.39, 0.29) is 36.2 Å². The monoisotopic (exact) mass is 358 g/mol. The Kier molecular flexibility index (Phi) is 5.68. The van der Waals surface area contributed by atoms with Crippen LogP contribution in [0.2, 0.25) is 0 Å². The van der Waals surface area contributed by atoms with E-state index in [1.807, 2.05) is 0 Å². The molecule has 0 radical (unpaired) electrons. The average molecular weight is 358 g/mol. The summed E-state index contributed by atoms with van der Waals surface area (Å²) in [5.74, 6) is -0.593. The van der Waals surface area contributed by atoms with Crippen LogP contribution >= 0.6 is 0 Å². The molecule has 1 saturated heterocycles. The number of nitrogens with one attached hydrogen (secondary N) is 1. The molecule has 0 aliphatic carbocycles. The third kappa shape index (κ3) is 4.37. The van der Waals surface area contributed by atoms with Gasteiger partial charge in [-0.2, -0.15) is 0 Å². The number of phenolic OH excluding ortho intramolecular Hbond substituents is 1. The molecule has 1 aromatic rings. The average Bonchev–Trinajstić information content (AvgIpc) is 2.92. The van der Waals surface area contributed by atoms with E-state index in [1.54, 1.807) is 0 Å². The maximum Gasteiger partial charge on any atom is 0.251 e. The lowest BCUT2D eigenvalue weighted by molar-refractivity contribution is 0.0925. The molecule has 0 aromatic heterocycles. The smallest absolute Gasteiger partial charge is 0.251 e. The summed E-state index contributed by atoms with van der Waals surface area (Å²) < 4.78 is 35.6. The zero-order valence-corrected chi connectivity index (χ0v) is 14.7. The first-order valence-corrected chi connectivity index (χ1v) is 9.00. The van der Waals surface area contributed by atoms with Gasteiger partial charge in [0.05, 0.1) is 32.1 Å². The first kappa shape index (κ1) is 18.5. The number of carbonyl (C=O) groups is 1. The molecule has 8 nitrogen and oxygen atoms in total. The quantitative estimate of drug-likeness (QED) is 0.744. The second-order valence-corrected chi connectivity index (χ2v) is 8.09. The van der Waals surface area contributed by atoms with E-state index in [1.165, 1.54) is 39.4 Å². The van der Waals surface area contributed by atoms with Crippen molar-refractivity contribution in [3.05, 3.63) is 23.8 Å². The molecule has 2 N–H and O–H groups in total. The van der Waals surface area contributed by atoms with Crippen molar-refractivity contribution in [1.29, 1.82) is 0 Å². The topological polar surface area (TPSA) is 105 Å². The summed E-state index contributed by atoms with van der Waals surface area (Å²) in [4.78, 5) is 12.4. The van der Waals surface area contributed by atoms with Crippen molar-refractivity contribution in [3.63, 3.8) is 0 Å². The van der Waals surface area contributed by atoms with Gasteiger partial charge in [0, 0.05) is 31.6 Å². The number of carbonyl (C=O) groups excluding carboxylic acids is 1. The number of methoxy groups -OCH3 is 1. The molecule has 0 bridgehead atoms. The van der Waals surface area contributed by atoms with Gasteiger partial charge in [-0.25, -0.2) is 12.7 Å². The van der Waals surface area contributed by atoms with Crippen LogP contribution in [-0.4, -0.2) is 70.0 Å². The van der Waals surface area contributed by atoms with E-state index < -0.39 is 22.0 Å². The lowest BCUT2D eigenvalue weighted by atomic mass is 10.1. The molecule has 1 aliphatic rings. The second-order valence-electron chi connectivity index (χ2n) is 5.86. The highest BCUT2D eigenvalue weighted by Crippen LogP contribution is 2.22. The molecular formula is C15H22N2O6S. The predicted octanol–water partition coefficient (Wildman–Crippen LogP) is 0.0370. The number of benzene rings is 1. The van der Waals surface area contributed by atoms with Gasteiger partial charge in [-0.15, -0.1) is 0 Å². The van der Waals surface area contributed by atoms with E-state index in [4.69, 9.17) is 9.47 Å². The van der Waals surface area contributed by atoms with Crippen LogP contribution in [0, 0.1) is 5.92 Å². The highest BCUT2D eigenvalue weighted by molar-refractivity contribution is 7.89. The number of phenols is 1. The molecule has 134 valence electrons. The molecule has 2 atom stereocenters. The molecule has 1 heterocycles. The van der Waals surface area contributed by atoms with E-state index in [0.29, 0.717) is 5.75 Å². The zero-order chi connectivity index (χ0) is 17.9. The van der Waals surface area contributed by atoms with Gasteiger partial charge in [-0.3, -0.25) is 4.79 Å². The number of hydrogen-bond donors (Lipinski definition) is 2. The number of sulfonamides is 1. The van der Waals surface area contributed by atoms with Gasteiger partial charge in [0.1, 0.15) is 11.5 Å². The maximum atomic E-state index is 12.4. The fraction of sp³-hybridized carbons (Fsp3) is 0.533. The van der Waals surface area contributed by atoms with Gasteiger partial charge < -0.3 is 19.9 Å². The summed E-state index contributed by atoms with van der Waals surface area (Å²) in [5, 5.41) is 12.4. The van der Waals surface area contributed by atoms with E-state index in [2.05, 4.69) is 5.32 Å². The molecule has 24 heavy (non-hydrogen) atoms. The van der Waals surface area contributed by atoms with Crippen molar-refractivity contribution < 1.29 is 27.8 Å². The Bertz CT molecular complexity index is 704. The Balaban J connectivity index is 2.09. The Hall–Kier alpha value is -1.84. The third-order valence-corrected chi connectivity index (χ3v) is 5.85. The Morgan fingerprint density at radius 2 is 2.08 bits per heavy atom. The molecule has 1 aliphatic heterocycles. The molecule has 0 saturated carbocycles. The van der Waals surface area contributed by atoms with Crippen LogP contribution in [0.1, 0.15) is 10.4 Å². The van der Waals surface area contributed by atoms with Crippen LogP contribution in [-0.2, 0) is 14.8 Å². The molecule has 2 rings (SSSR count). The molecule has 9 heteroatoms. The Morgan fingerprint density at radius 1 is 1.38 bits per heavy atom. The van der Waals surface area contributed by atoms with Crippen molar-refractivity contribution in [1.82, 2.24) is 9.62 Å². The van der Waals surface area contributed by atoms with Crippen LogP contribution in [0.3, 0.4) is 0 Å². The SMILES string of the molecule is COc1cc(O)cc(C(=O)N[C@@H]2COC[C@H]2CS(=O)(=O)N(C)C)c1. The summed E-state index contributed by atoms with van der Waals surface area (Å²) in [6.45, 7) is 0.511. The van der Waals surface area contributed by atoms with Gasteiger partial charge in [-0.1, -0.05) is 0 Å². The van der Waals surface area contributed by atoms with Crippen LogP contribution in [0.15, 0.2) is 18.2 Å². The summed E-state index contributed by atoms with van der Waals surface area (Å²) in [6, 6.07) is 3.79. The van der Waals surface area contributed by atoms with Gasteiger partial charge in [0.15, 0.2) is 0 Å². The molecule has 0 spiro atoms. The molecule has 1 fully saturated rings. The Labute approximate surface area is 141 Å². The lowest BCUT2D eigenvalue weighted by Gasteiger charge is -2.21. The predicted molar refractivity (Wildman–Crippen MR) is 87.7 cm³/mol. The van der Waals surface area contributed by atoms with Crippen molar-refractivity contribution in [2.45, 2.75) is 6.04 Å². The van der Waals surface area contributed by atoms with Crippen LogP contribution in [0.5, 0.6) is 11.5 Å². The summed E-state index contributed by atoms with van der Waals surface area (Å²) in [7, 11) is 0.984. The summed E-state index contributed by atoms with van der Waals surface area (Å²) >= 11 is 0. The molecular weight excluding hydrogens is 336 g/mol. The molecule has 1 aromatic carbocycles. The number of nitrogens with zero attached hydrogens (tertiary/aromatic N) is 1. The highest BCUT2D eigenvalue weighted by atomic mass is 32.2. The van der Waals surface area contributed by atoms with E-state index >= 15 is 0 Å². The van der Waals surface area contributed by atoms with Crippen molar-refractivity contribution in [2.24, 2.45) is 5.92 Å². The third-order valence-electron chi connectivity index (χ3n) is 3.89. The van der Waals surface area contributed by atoms with Crippen molar-refractivity contribution in [2.75, 3.05) is 40.2 Å². The van der Waals surface area contributed by atoms with Crippen molar-refractivity contribution in [3.8, 4) is 11.5 Å². The minimum atomic E-state index is -3.39. The van der Waals surface area contributed by atoms with Crippen LogP contribution < -0.4 is 10.1 Å². The van der Waals surface area contributed by atoms with E-state index in [9.17, 15) is 18.3 Å². The highest BCUT2D eigenvalue weighted by Gasteiger charge is 2.34. The number of amides is 1.